The van der Waals surface area contributed by atoms with Crippen molar-refractivity contribution >= 4 is 6.09 Å². The van der Waals surface area contributed by atoms with Crippen molar-refractivity contribution in [1.82, 2.24) is 9.80 Å². The first-order valence-corrected chi connectivity index (χ1v) is 9.63. The fourth-order valence-corrected chi connectivity index (χ4v) is 4.19. The van der Waals surface area contributed by atoms with Crippen molar-refractivity contribution in [2.45, 2.75) is 52.1 Å². The van der Waals surface area contributed by atoms with Gasteiger partial charge in [-0.3, -0.25) is 4.90 Å². The number of amides is 1. The second-order valence-electron chi connectivity index (χ2n) is 8.45. The van der Waals surface area contributed by atoms with Crippen LogP contribution in [0.3, 0.4) is 0 Å². The van der Waals surface area contributed by atoms with Gasteiger partial charge in [0, 0.05) is 31.7 Å². The Morgan fingerprint density at radius 2 is 1.96 bits per heavy atom. The molecule has 1 amide bonds. The molecule has 1 aromatic carbocycles. The number of hydrogen-bond acceptors (Lipinski definition) is 3. The number of carbonyl (C=O) groups is 1. The molecule has 0 aromatic heterocycles. The number of likely N-dealkylation sites (tertiary alicyclic amines) is 1. The molecule has 1 heterocycles. The first kappa shape index (κ1) is 21.3. The first-order valence-electron chi connectivity index (χ1n) is 9.63. The standard InChI is InChI=1S/C22H32N2O3/c1-5-18-8-10-19(11-9-18)16-23(14-15-25)17-22(21(2,3)4)12-6-7-13-24(22)20(26)27/h1,8-11,25H,6-7,12-17H2,2-4H3,(H,26,27). The normalized spacial score (nSPS) is 20.5. The molecule has 1 fully saturated rings. The maximum Gasteiger partial charge on any atom is 0.407 e. The van der Waals surface area contributed by atoms with Gasteiger partial charge in [-0.2, -0.15) is 0 Å². The molecule has 5 heteroatoms. The van der Waals surface area contributed by atoms with Crippen LogP contribution in [0, 0.1) is 17.8 Å². The van der Waals surface area contributed by atoms with E-state index in [0.717, 1.165) is 30.4 Å². The van der Waals surface area contributed by atoms with Gasteiger partial charge in [-0.25, -0.2) is 4.79 Å². The molecule has 1 aliphatic rings. The number of aliphatic hydroxyl groups is 1. The van der Waals surface area contributed by atoms with Crippen molar-refractivity contribution in [3.05, 3.63) is 35.4 Å². The predicted octanol–water partition coefficient (Wildman–Crippen LogP) is 3.41. The third-order valence-corrected chi connectivity index (χ3v) is 5.79. The second-order valence-corrected chi connectivity index (χ2v) is 8.45. The van der Waals surface area contributed by atoms with E-state index in [9.17, 15) is 15.0 Å². The highest BCUT2D eigenvalue weighted by Crippen LogP contribution is 2.43. The van der Waals surface area contributed by atoms with Crippen molar-refractivity contribution in [1.29, 1.82) is 0 Å². The summed E-state index contributed by atoms with van der Waals surface area (Å²) in [6, 6.07) is 7.82. The van der Waals surface area contributed by atoms with E-state index in [1.54, 1.807) is 4.90 Å². The monoisotopic (exact) mass is 372 g/mol. The van der Waals surface area contributed by atoms with E-state index >= 15 is 0 Å². The summed E-state index contributed by atoms with van der Waals surface area (Å²) >= 11 is 0. The van der Waals surface area contributed by atoms with Gasteiger partial charge in [0.2, 0.25) is 0 Å². The Bertz CT molecular complexity index is 672. The summed E-state index contributed by atoms with van der Waals surface area (Å²) in [5.41, 5.74) is 1.24. The zero-order valence-corrected chi connectivity index (χ0v) is 16.7. The molecule has 0 radical (unpaired) electrons. The number of terminal acetylenes is 1. The number of hydrogen-bond donors (Lipinski definition) is 2. The van der Waals surface area contributed by atoms with Crippen molar-refractivity contribution in [2.75, 3.05) is 26.2 Å². The van der Waals surface area contributed by atoms with Crippen LogP contribution < -0.4 is 0 Å². The Labute approximate surface area is 163 Å². The number of carboxylic acid groups (broad SMARTS) is 1. The number of benzene rings is 1. The summed E-state index contributed by atoms with van der Waals surface area (Å²) in [6.07, 6.45) is 7.33. The van der Waals surface area contributed by atoms with Crippen molar-refractivity contribution in [3.63, 3.8) is 0 Å². The number of nitrogens with zero attached hydrogens (tertiary/aromatic N) is 2. The molecule has 0 bridgehead atoms. The van der Waals surface area contributed by atoms with Crippen LogP contribution in [0.15, 0.2) is 24.3 Å². The molecule has 1 aromatic rings. The average molecular weight is 373 g/mol. The van der Waals surface area contributed by atoms with E-state index in [-0.39, 0.29) is 12.0 Å². The molecule has 2 N–H and O–H groups in total. The van der Waals surface area contributed by atoms with Gasteiger partial charge >= 0.3 is 6.09 Å². The van der Waals surface area contributed by atoms with E-state index in [0.29, 0.717) is 26.2 Å². The maximum atomic E-state index is 12.0. The Morgan fingerprint density at radius 3 is 2.48 bits per heavy atom. The van der Waals surface area contributed by atoms with Crippen LogP contribution in [-0.4, -0.2) is 57.9 Å². The van der Waals surface area contributed by atoms with Crippen LogP contribution in [0.2, 0.25) is 0 Å². The molecule has 0 spiro atoms. The van der Waals surface area contributed by atoms with E-state index in [2.05, 4.69) is 31.6 Å². The lowest BCUT2D eigenvalue weighted by Gasteiger charge is -2.55. The zero-order valence-electron chi connectivity index (χ0n) is 16.7. The third kappa shape index (κ3) is 4.82. The van der Waals surface area contributed by atoms with Gasteiger partial charge in [-0.05, 0) is 42.4 Å². The second kappa shape index (κ2) is 8.77. The summed E-state index contributed by atoms with van der Waals surface area (Å²) in [5.74, 6) is 2.62. The highest BCUT2D eigenvalue weighted by molar-refractivity contribution is 5.66. The molecule has 1 atom stereocenters. The highest BCUT2D eigenvalue weighted by Gasteiger charge is 2.50. The minimum absolute atomic E-state index is 0.0374. The van der Waals surface area contributed by atoms with Gasteiger partial charge in [0.05, 0.1) is 12.1 Å². The van der Waals surface area contributed by atoms with Crippen LogP contribution in [0.4, 0.5) is 4.79 Å². The fraction of sp³-hybridized carbons (Fsp3) is 0.591. The van der Waals surface area contributed by atoms with E-state index in [1.807, 2.05) is 24.3 Å². The summed E-state index contributed by atoms with van der Waals surface area (Å²) < 4.78 is 0. The Balaban J connectivity index is 2.30. The Kier molecular flexibility index (Phi) is 6.91. The first-order chi connectivity index (χ1) is 12.7. The van der Waals surface area contributed by atoms with E-state index in [4.69, 9.17) is 6.42 Å². The van der Waals surface area contributed by atoms with Crippen LogP contribution in [0.25, 0.3) is 0 Å². The topological polar surface area (TPSA) is 64.0 Å². The molecule has 2 rings (SSSR count). The third-order valence-electron chi connectivity index (χ3n) is 5.79. The van der Waals surface area contributed by atoms with Gasteiger partial charge in [0.1, 0.15) is 0 Å². The molecule has 27 heavy (non-hydrogen) atoms. The largest absolute Gasteiger partial charge is 0.465 e. The molecular formula is C22H32N2O3. The van der Waals surface area contributed by atoms with Gasteiger partial charge in [-0.15, -0.1) is 6.42 Å². The number of rotatable bonds is 6. The van der Waals surface area contributed by atoms with Crippen LogP contribution in [0.1, 0.15) is 51.2 Å². The fourth-order valence-electron chi connectivity index (χ4n) is 4.19. The highest BCUT2D eigenvalue weighted by atomic mass is 16.4. The molecule has 148 valence electrons. The lowest BCUT2D eigenvalue weighted by atomic mass is 9.67. The molecular weight excluding hydrogens is 340 g/mol. The van der Waals surface area contributed by atoms with Gasteiger partial charge < -0.3 is 15.1 Å². The minimum atomic E-state index is -0.855. The quantitative estimate of drug-likeness (QED) is 0.751. The van der Waals surface area contributed by atoms with E-state index < -0.39 is 11.6 Å². The van der Waals surface area contributed by atoms with E-state index in [1.165, 1.54) is 0 Å². The minimum Gasteiger partial charge on any atom is -0.465 e. The maximum absolute atomic E-state index is 12.0. The predicted molar refractivity (Wildman–Crippen MR) is 108 cm³/mol. The number of aliphatic hydroxyl groups excluding tert-OH is 1. The molecule has 5 nitrogen and oxygen atoms in total. The molecule has 0 saturated carbocycles. The van der Waals surface area contributed by atoms with Gasteiger partial charge in [0.25, 0.3) is 0 Å². The lowest BCUT2D eigenvalue weighted by Crippen LogP contribution is -2.66. The van der Waals surface area contributed by atoms with Crippen LogP contribution >= 0.6 is 0 Å². The lowest BCUT2D eigenvalue weighted by molar-refractivity contribution is -0.0494. The molecule has 1 saturated heterocycles. The summed E-state index contributed by atoms with van der Waals surface area (Å²) in [7, 11) is 0. The summed E-state index contributed by atoms with van der Waals surface area (Å²) in [4.78, 5) is 15.8. The Morgan fingerprint density at radius 1 is 1.30 bits per heavy atom. The Hall–Kier alpha value is -2.03. The van der Waals surface area contributed by atoms with Crippen molar-refractivity contribution in [3.8, 4) is 12.3 Å². The summed E-state index contributed by atoms with van der Waals surface area (Å²) in [5, 5.41) is 19.5. The van der Waals surface area contributed by atoms with Crippen LogP contribution in [0.5, 0.6) is 0 Å². The molecule has 1 unspecified atom stereocenters. The summed E-state index contributed by atoms with van der Waals surface area (Å²) in [6.45, 7) is 8.71. The van der Waals surface area contributed by atoms with Crippen LogP contribution in [-0.2, 0) is 6.54 Å². The van der Waals surface area contributed by atoms with Crippen molar-refractivity contribution < 1.29 is 15.0 Å². The average Bonchev–Trinajstić information content (AvgIpc) is 2.62. The van der Waals surface area contributed by atoms with Gasteiger partial charge in [0.15, 0.2) is 0 Å². The number of piperidine rings is 1. The zero-order chi connectivity index (χ0) is 20.1. The van der Waals surface area contributed by atoms with Crippen molar-refractivity contribution in [2.24, 2.45) is 5.41 Å². The molecule has 0 aliphatic carbocycles. The smallest absolute Gasteiger partial charge is 0.407 e. The molecule has 1 aliphatic heterocycles. The SMILES string of the molecule is C#Cc1ccc(CN(CCO)CC2(C(C)(C)C)CCCCN2C(=O)O)cc1. The van der Waals surface area contributed by atoms with Gasteiger partial charge in [-0.1, -0.05) is 38.8 Å².